The predicted octanol–water partition coefficient (Wildman–Crippen LogP) is 3.67. The summed E-state index contributed by atoms with van der Waals surface area (Å²) >= 11 is 1.76. The summed E-state index contributed by atoms with van der Waals surface area (Å²) in [5.41, 5.74) is 0.909. The largest absolute Gasteiger partial charge is 0.464 e. The maximum atomic E-state index is 5.47. The van der Waals surface area contributed by atoms with Crippen LogP contribution < -0.4 is 4.90 Å². The van der Waals surface area contributed by atoms with Gasteiger partial charge in [0.1, 0.15) is 11.4 Å². The van der Waals surface area contributed by atoms with Gasteiger partial charge in [0.15, 0.2) is 0 Å². The van der Waals surface area contributed by atoms with Crippen LogP contribution >= 0.6 is 11.3 Å². The summed E-state index contributed by atoms with van der Waals surface area (Å²) in [6, 6.07) is 3.92. The van der Waals surface area contributed by atoms with E-state index < -0.39 is 0 Å². The second-order valence-corrected chi connectivity index (χ2v) is 6.05. The van der Waals surface area contributed by atoms with Gasteiger partial charge in [-0.1, -0.05) is 0 Å². The van der Waals surface area contributed by atoms with E-state index in [2.05, 4.69) is 20.2 Å². The smallest absolute Gasteiger partial charge is 0.139 e. The highest BCUT2D eigenvalue weighted by molar-refractivity contribution is 7.09. The van der Waals surface area contributed by atoms with E-state index in [1.807, 2.05) is 24.5 Å². The molecule has 1 aliphatic heterocycles. The van der Waals surface area contributed by atoms with Crippen LogP contribution in [-0.4, -0.2) is 23.1 Å². The molecule has 3 aromatic rings. The van der Waals surface area contributed by atoms with Crippen LogP contribution in [0.3, 0.4) is 0 Å². The minimum absolute atomic E-state index is 0.521. The first kappa shape index (κ1) is 11.9. The summed E-state index contributed by atoms with van der Waals surface area (Å²) in [6.45, 7) is 2.05. The average Bonchev–Trinajstić information content (AvgIpc) is 3.18. The number of hydrogen-bond acceptors (Lipinski definition) is 5. The lowest BCUT2D eigenvalue weighted by molar-refractivity contribution is 0.506. The molecule has 0 spiro atoms. The van der Waals surface area contributed by atoms with E-state index in [1.54, 1.807) is 17.6 Å². The van der Waals surface area contributed by atoms with Gasteiger partial charge in [0, 0.05) is 36.8 Å². The lowest BCUT2D eigenvalue weighted by Crippen LogP contribution is -2.34. The third-order valence-electron chi connectivity index (χ3n) is 3.88. The second kappa shape index (κ2) is 4.90. The molecule has 102 valence electrons. The first-order chi connectivity index (χ1) is 9.92. The van der Waals surface area contributed by atoms with E-state index in [9.17, 15) is 0 Å². The van der Waals surface area contributed by atoms with Crippen LogP contribution in [0.25, 0.3) is 11.0 Å². The van der Waals surface area contributed by atoms with Crippen molar-refractivity contribution in [3.05, 3.63) is 41.2 Å². The topological polar surface area (TPSA) is 42.2 Å². The molecule has 0 N–H and O–H groups in total. The fourth-order valence-electron chi connectivity index (χ4n) is 2.94. The van der Waals surface area contributed by atoms with Crippen LogP contribution in [0.5, 0.6) is 0 Å². The molecule has 5 heteroatoms. The number of anilines is 1. The first-order valence-electron chi connectivity index (χ1n) is 6.88. The summed E-state index contributed by atoms with van der Waals surface area (Å²) < 4.78 is 5.47. The molecule has 4 nitrogen and oxygen atoms in total. The number of piperidine rings is 1. The number of aromatic nitrogens is 2. The lowest BCUT2D eigenvalue weighted by Gasteiger charge is -2.32. The Balaban J connectivity index is 1.66. The number of hydrogen-bond donors (Lipinski definition) is 0. The normalized spacial score (nSPS) is 19.6. The maximum absolute atomic E-state index is 5.47. The van der Waals surface area contributed by atoms with Crippen LogP contribution in [0.4, 0.5) is 5.82 Å². The highest BCUT2D eigenvalue weighted by Gasteiger charge is 2.25. The van der Waals surface area contributed by atoms with Gasteiger partial charge in [-0.2, -0.15) is 0 Å². The van der Waals surface area contributed by atoms with Crippen molar-refractivity contribution in [3.8, 4) is 0 Å². The van der Waals surface area contributed by atoms with Crippen molar-refractivity contribution in [1.82, 2.24) is 9.97 Å². The van der Waals surface area contributed by atoms with Crippen LogP contribution in [0.2, 0.25) is 0 Å². The summed E-state index contributed by atoms with van der Waals surface area (Å²) in [5, 5.41) is 4.41. The Bertz CT molecular complexity index is 707. The van der Waals surface area contributed by atoms with Crippen molar-refractivity contribution in [2.24, 2.45) is 0 Å². The molecular formula is C15H15N3OS. The fraction of sp³-hybridized carbons (Fsp3) is 0.333. The number of rotatable bonds is 2. The van der Waals surface area contributed by atoms with Gasteiger partial charge >= 0.3 is 0 Å². The third kappa shape index (κ3) is 1.98. The number of thiazole rings is 1. The molecule has 0 radical (unpaired) electrons. The van der Waals surface area contributed by atoms with Crippen molar-refractivity contribution in [2.45, 2.75) is 18.8 Å². The Labute approximate surface area is 121 Å². The zero-order chi connectivity index (χ0) is 13.4. The molecule has 1 fully saturated rings. The van der Waals surface area contributed by atoms with Gasteiger partial charge in [-0.15, -0.1) is 11.3 Å². The van der Waals surface area contributed by atoms with Crippen molar-refractivity contribution in [1.29, 1.82) is 0 Å². The van der Waals surface area contributed by atoms with Crippen LogP contribution in [-0.2, 0) is 0 Å². The van der Waals surface area contributed by atoms with Gasteiger partial charge in [0.2, 0.25) is 0 Å². The van der Waals surface area contributed by atoms with Crippen LogP contribution in [0.1, 0.15) is 23.8 Å². The van der Waals surface area contributed by atoms with Gasteiger partial charge in [-0.25, -0.2) is 9.97 Å². The van der Waals surface area contributed by atoms with Gasteiger partial charge < -0.3 is 9.32 Å². The van der Waals surface area contributed by atoms with Crippen molar-refractivity contribution in [3.63, 3.8) is 0 Å². The molecule has 0 aliphatic carbocycles. The molecule has 4 heterocycles. The molecule has 1 aliphatic rings. The summed E-state index contributed by atoms with van der Waals surface area (Å²) in [6.07, 6.45) is 7.85. The van der Waals surface area contributed by atoms with E-state index in [0.29, 0.717) is 5.92 Å². The van der Waals surface area contributed by atoms with Crippen LogP contribution in [0, 0.1) is 0 Å². The molecule has 20 heavy (non-hydrogen) atoms. The number of furan rings is 1. The number of fused-ring (bicyclic) bond motifs is 1. The SMILES string of the molecule is c1csc([C@H]2CCCN(c3nccc4occc34)C2)n1. The highest BCUT2D eigenvalue weighted by atomic mass is 32.1. The Morgan fingerprint density at radius 2 is 2.25 bits per heavy atom. The second-order valence-electron chi connectivity index (χ2n) is 5.12. The molecule has 0 bridgehead atoms. The molecular weight excluding hydrogens is 270 g/mol. The van der Waals surface area contributed by atoms with Crippen molar-refractivity contribution >= 4 is 28.1 Å². The third-order valence-corrected chi connectivity index (χ3v) is 4.82. The molecule has 0 unspecified atom stereocenters. The van der Waals surface area contributed by atoms with E-state index >= 15 is 0 Å². The van der Waals surface area contributed by atoms with Gasteiger partial charge in [0.25, 0.3) is 0 Å². The van der Waals surface area contributed by atoms with E-state index in [1.165, 1.54) is 17.8 Å². The standard InChI is InChI=1S/C15H15N3OS/c1-2-11(15-17-6-9-20-15)10-18(7-1)14-12-4-8-19-13(12)3-5-16-14/h3-6,8-9,11H,1-2,7,10H2/t11-/m0/s1. The minimum Gasteiger partial charge on any atom is -0.464 e. The molecule has 1 atom stereocenters. The Morgan fingerprint density at radius 3 is 3.15 bits per heavy atom. The van der Waals surface area contributed by atoms with E-state index in [4.69, 9.17) is 4.42 Å². The number of pyridine rings is 1. The van der Waals surface area contributed by atoms with Crippen molar-refractivity contribution in [2.75, 3.05) is 18.0 Å². The number of nitrogens with zero attached hydrogens (tertiary/aromatic N) is 3. The fourth-order valence-corrected chi connectivity index (χ4v) is 3.71. The maximum Gasteiger partial charge on any atom is 0.139 e. The summed E-state index contributed by atoms with van der Waals surface area (Å²) in [7, 11) is 0. The zero-order valence-corrected chi connectivity index (χ0v) is 11.8. The van der Waals surface area contributed by atoms with Gasteiger partial charge in [0.05, 0.1) is 16.7 Å². The predicted molar refractivity (Wildman–Crippen MR) is 80.3 cm³/mol. The zero-order valence-electron chi connectivity index (χ0n) is 11.0. The minimum atomic E-state index is 0.521. The monoisotopic (exact) mass is 285 g/mol. The van der Waals surface area contributed by atoms with E-state index in [-0.39, 0.29) is 0 Å². The summed E-state index contributed by atoms with van der Waals surface area (Å²) in [5.74, 6) is 1.56. The highest BCUT2D eigenvalue weighted by Crippen LogP contribution is 2.33. The molecule has 1 saturated heterocycles. The molecule has 4 rings (SSSR count). The molecule has 0 aromatic carbocycles. The Hall–Kier alpha value is -1.88. The Morgan fingerprint density at radius 1 is 1.25 bits per heavy atom. The Kier molecular flexibility index (Phi) is 2.92. The van der Waals surface area contributed by atoms with Crippen LogP contribution in [0.15, 0.2) is 40.6 Å². The average molecular weight is 285 g/mol. The van der Waals surface area contributed by atoms with Gasteiger partial charge in [-0.05, 0) is 25.0 Å². The lowest BCUT2D eigenvalue weighted by atomic mass is 9.98. The first-order valence-corrected chi connectivity index (χ1v) is 7.76. The summed E-state index contributed by atoms with van der Waals surface area (Å²) in [4.78, 5) is 11.4. The molecule has 0 amide bonds. The molecule has 0 saturated carbocycles. The molecule has 3 aromatic heterocycles. The van der Waals surface area contributed by atoms with Crippen molar-refractivity contribution < 1.29 is 4.42 Å². The van der Waals surface area contributed by atoms with Gasteiger partial charge in [-0.3, -0.25) is 0 Å². The van der Waals surface area contributed by atoms with E-state index in [0.717, 1.165) is 29.9 Å². The quantitative estimate of drug-likeness (QED) is 0.720.